The maximum Gasteiger partial charge on any atom is 0.305 e. The molecule has 5 nitrogen and oxygen atoms in total. The van der Waals surface area contributed by atoms with E-state index in [0.29, 0.717) is 11.5 Å². The zero-order chi connectivity index (χ0) is 23.4. The number of anilines is 1. The maximum atomic E-state index is 14.5. The summed E-state index contributed by atoms with van der Waals surface area (Å²) in [6.45, 7) is 7.21. The van der Waals surface area contributed by atoms with E-state index in [1.165, 1.54) is 0 Å². The number of nitrogens with one attached hydrogen (secondary N) is 1. The van der Waals surface area contributed by atoms with Gasteiger partial charge in [0.25, 0.3) is 0 Å². The molecule has 1 unspecified atom stereocenters. The third-order valence-corrected chi connectivity index (χ3v) is 6.70. The van der Waals surface area contributed by atoms with E-state index in [0.717, 1.165) is 46.1 Å². The van der Waals surface area contributed by atoms with E-state index in [2.05, 4.69) is 35.5 Å². The minimum Gasteiger partial charge on any atom is -0.305 e. The Balaban J connectivity index is 1.86. The molecule has 1 aromatic heterocycles. The monoisotopic (exact) mass is 457 g/mol. The molecule has 0 saturated heterocycles. The zero-order valence-corrected chi connectivity index (χ0v) is 20.9. The Morgan fingerprint density at radius 2 is 1.84 bits per heavy atom. The fourth-order valence-electron chi connectivity index (χ4n) is 3.64. The van der Waals surface area contributed by atoms with Crippen LogP contribution in [0, 0.1) is 18.7 Å². The maximum absolute atomic E-state index is 14.5. The number of rotatable bonds is 9. The van der Waals surface area contributed by atoms with E-state index in [1.807, 2.05) is 62.2 Å². The second-order valence-electron chi connectivity index (χ2n) is 8.74. The Labute approximate surface area is 194 Å². The molecule has 3 rings (SSSR count). The lowest BCUT2D eigenvalue weighted by Crippen LogP contribution is -2.17. The topological polar surface area (TPSA) is 42.3 Å². The molecular weight excluding hydrogens is 423 g/mol. The van der Waals surface area contributed by atoms with Gasteiger partial charge in [-0.05, 0) is 80.9 Å². The van der Waals surface area contributed by atoms with Crippen molar-refractivity contribution in [3.63, 3.8) is 0 Å². The van der Waals surface area contributed by atoms with Gasteiger partial charge >= 0.3 is 11.4 Å². The third kappa shape index (κ3) is 5.71. The molecule has 0 saturated carbocycles. The summed E-state index contributed by atoms with van der Waals surface area (Å²) < 4.78 is 25.8. The summed E-state index contributed by atoms with van der Waals surface area (Å²) in [5.41, 5.74) is 5.70. The molecule has 1 N–H and O–H groups in total. The van der Waals surface area contributed by atoms with Crippen LogP contribution in [0.1, 0.15) is 30.8 Å². The summed E-state index contributed by atoms with van der Waals surface area (Å²) in [5.74, 6) is 0.292. The van der Waals surface area contributed by atoms with Gasteiger partial charge in [-0.25, -0.2) is 4.39 Å². The van der Waals surface area contributed by atoms with E-state index >= 15 is 0 Å². The number of hydrogen-bond acceptors (Lipinski definition) is 4. The van der Waals surface area contributed by atoms with Crippen molar-refractivity contribution < 1.29 is 8.57 Å². The van der Waals surface area contributed by atoms with Crippen LogP contribution < -0.4 is 4.72 Å². The van der Waals surface area contributed by atoms with Gasteiger partial charge in [-0.15, -0.1) is 4.18 Å². The quantitative estimate of drug-likeness (QED) is 0.439. The fraction of sp³-hybridized carbons (Fsp3) is 0.400. The van der Waals surface area contributed by atoms with Crippen LogP contribution in [0.25, 0.3) is 11.1 Å². The predicted octanol–water partition coefficient (Wildman–Crippen LogP) is 5.36. The van der Waals surface area contributed by atoms with Crippen molar-refractivity contribution in [3.05, 3.63) is 65.2 Å². The van der Waals surface area contributed by atoms with Crippen molar-refractivity contribution in [1.82, 2.24) is 14.7 Å². The predicted molar refractivity (Wildman–Crippen MR) is 132 cm³/mol. The van der Waals surface area contributed by atoms with Crippen molar-refractivity contribution in [2.75, 3.05) is 25.9 Å². The van der Waals surface area contributed by atoms with Crippen LogP contribution in [0.5, 0.6) is 0 Å². The van der Waals surface area contributed by atoms with E-state index in [1.54, 1.807) is 13.2 Å². The van der Waals surface area contributed by atoms with E-state index < -0.39 is 11.4 Å². The minimum absolute atomic E-state index is 0.214. The van der Waals surface area contributed by atoms with Gasteiger partial charge in [-0.2, -0.15) is 9.82 Å². The molecule has 0 aliphatic carbocycles. The molecule has 0 radical (unpaired) electrons. The molecule has 3 aromatic rings. The summed E-state index contributed by atoms with van der Waals surface area (Å²) >= 11 is -0.654. The highest BCUT2D eigenvalue weighted by atomic mass is 32.2. The van der Waals surface area contributed by atoms with Gasteiger partial charge in [0, 0.05) is 19.2 Å². The third-order valence-electron chi connectivity index (χ3n) is 5.28. The highest BCUT2D eigenvalue weighted by Gasteiger charge is 2.28. The van der Waals surface area contributed by atoms with Gasteiger partial charge in [-0.1, -0.05) is 19.9 Å². The van der Waals surface area contributed by atoms with Gasteiger partial charge < -0.3 is 4.90 Å². The lowest BCUT2D eigenvalue weighted by molar-refractivity contribution is 0.402. The number of aryl methyl sites for hydroxylation is 1. The minimum atomic E-state index is -0.654. The molecule has 0 fully saturated rings. The van der Waals surface area contributed by atoms with Crippen molar-refractivity contribution in [3.8, 4) is 11.1 Å². The fourth-order valence-corrected chi connectivity index (χ4v) is 4.87. The van der Waals surface area contributed by atoms with Crippen LogP contribution in [0.2, 0.25) is 0 Å². The number of benzene rings is 2. The van der Waals surface area contributed by atoms with Crippen molar-refractivity contribution in [2.45, 2.75) is 38.6 Å². The summed E-state index contributed by atoms with van der Waals surface area (Å²) in [4.78, 5) is 3.07. The largest absolute Gasteiger partial charge is 0.305 e. The van der Waals surface area contributed by atoms with E-state index in [9.17, 15) is 4.39 Å². The number of hydrogen-bond donors (Lipinski definition) is 1. The standard InChI is InChI=1S/C25H34FN4OS/c1-17(2)14-24-25(18(3)30(6)27-24)28-32(31-7)21-11-9-20(10-12-21)22-15-19(16-29(4)5)8-13-23(22)26/h8-13,15,17,28H,14,16H2,1-7H3/q+1. The van der Waals surface area contributed by atoms with Crippen molar-refractivity contribution in [1.29, 1.82) is 0 Å². The Morgan fingerprint density at radius 3 is 2.44 bits per heavy atom. The summed E-state index contributed by atoms with van der Waals surface area (Å²) in [5, 5.41) is 4.68. The molecule has 7 heteroatoms. The first kappa shape index (κ1) is 24.3. The zero-order valence-electron chi connectivity index (χ0n) is 20.1. The number of halogens is 1. The number of aromatic nitrogens is 2. The molecule has 0 amide bonds. The van der Waals surface area contributed by atoms with Crippen molar-refractivity contribution >= 4 is 17.0 Å². The van der Waals surface area contributed by atoms with Crippen LogP contribution in [0.4, 0.5) is 10.1 Å². The molecule has 2 aromatic carbocycles. The first-order valence-corrected chi connectivity index (χ1v) is 12.0. The Kier molecular flexibility index (Phi) is 7.98. The average Bonchev–Trinajstić information content (AvgIpc) is 2.99. The van der Waals surface area contributed by atoms with Gasteiger partial charge in [0.05, 0.1) is 18.5 Å². The molecule has 0 aliphatic heterocycles. The highest BCUT2D eigenvalue weighted by molar-refractivity contribution is 7.93. The smallest absolute Gasteiger partial charge is 0.305 e. The summed E-state index contributed by atoms with van der Waals surface area (Å²) in [6, 6.07) is 13.2. The van der Waals surface area contributed by atoms with Crippen LogP contribution >= 0.6 is 0 Å². The molecule has 1 atom stereocenters. The van der Waals surface area contributed by atoms with Crippen LogP contribution in [0.3, 0.4) is 0 Å². The van der Waals surface area contributed by atoms with Gasteiger partial charge in [0.15, 0.2) is 0 Å². The normalized spacial score (nSPS) is 12.6. The molecule has 1 heterocycles. The molecule has 0 bridgehead atoms. The lowest BCUT2D eigenvalue weighted by atomic mass is 10.0. The van der Waals surface area contributed by atoms with Crippen LogP contribution in [-0.2, 0) is 35.6 Å². The summed E-state index contributed by atoms with van der Waals surface area (Å²) in [6.07, 6.45) is 0.895. The molecule has 0 aliphatic rings. The first-order valence-electron chi connectivity index (χ1n) is 10.8. The lowest BCUT2D eigenvalue weighted by Gasteiger charge is -2.12. The van der Waals surface area contributed by atoms with Gasteiger partial charge in [-0.3, -0.25) is 4.68 Å². The SMILES string of the molecule is CO[S+](Nc1c(CC(C)C)nn(C)c1C)c1ccc(-c2cc(CN(C)C)ccc2F)cc1. The Hall–Kier alpha value is -2.35. The van der Waals surface area contributed by atoms with Gasteiger partial charge in [0.1, 0.15) is 11.5 Å². The second kappa shape index (κ2) is 10.5. The number of nitrogens with zero attached hydrogens (tertiary/aromatic N) is 3. The van der Waals surface area contributed by atoms with Crippen LogP contribution in [0.15, 0.2) is 47.4 Å². The second-order valence-corrected chi connectivity index (χ2v) is 10.3. The Morgan fingerprint density at radius 1 is 1.16 bits per heavy atom. The molecule has 172 valence electrons. The highest BCUT2D eigenvalue weighted by Crippen LogP contribution is 2.29. The molecule has 0 spiro atoms. The van der Waals surface area contributed by atoms with Crippen molar-refractivity contribution in [2.24, 2.45) is 13.0 Å². The average molecular weight is 458 g/mol. The van der Waals surface area contributed by atoms with Crippen LogP contribution in [-0.4, -0.2) is 35.9 Å². The van der Waals surface area contributed by atoms with Gasteiger partial charge in [0.2, 0.25) is 4.90 Å². The first-order chi connectivity index (χ1) is 15.2. The van der Waals surface area contributed by atoms with E-state index in [-0.39, 0.29) is 5.82 Å². The Bertz CT molecular complexity index is 1050. The molecule has 32 heavy (non-hydrogen) atoms. The van der Waals surface area contributed by atoms with E-state index in [4.69, 9.17) is 4.18 Å². The molecular formula is C25H34FN4OS+. The summed E-state index contributed by atoms with van der Waals surface area (Å²) in [7, 11) is 7.67.